The molecule has 3 amide bonds. The Labute approximate surface area is 195 Å². The highest BCUT2D eigenvalue weighted by Gasteiger charge is 2.34. The fourth-order valence-corrected chi connectivity index (χ4v) is 4.70. The van der Waals surface area contributed by atoms with Gasteiger partial charge in [-0.15, -0.1) is 10.2 Å². The van der Waals surface area contributed by atoms with Gasteiger partial charge in [-0.2, -0.15) is 0 Å². The summed E-state index contributed by atoms with van der Waals surface area (Å²) in [7, 11) is 0. The summed E-state index contributed by atoms with van der Waals surface area (Å²) in [6.45, 7) is 6.43. The summed E-state index contributed by atoms with van der Waals surface area (Å²) in [4.78, 5) is 44.0. The van der Waals surface area contributed by atoms with E-state index in [0.717, 1.165) is 17.0 Å². The third-order valence-corrected chi connectivity index (χ3v) is 6.23. The molecule has 0 aliphatic carbocycles. The van der Waals surface area contributed by atoms with Crippen molar-refractivity contribution in [1.82, 2.24) is 29.8 Å². The number of fused-ring (bicyclic) bond motifs is 1. The van der Waals surface area contributed by atoms with Gasteiger partial charge in [-0.3, -0.25) is 18.8 Å². The van der Waals surface area contributed by atoms with Gasteiger partial charge in [-0.25, -0.2) is 4.98 Å². The van der Waals surface area contributed by atoms with Crippen LogP contribution in [0.5, 0.6) is 0 Å². The standard InChI is InChI=1S/C22H25N7O3S/c1-13-5-4-6-16(9-13)25-18(30)11-17-20(32)23-7-8-28(17)19(31)12-33-22-27-26-21-24-14(2)10-15(3)29(21)22/h4-6,9-10,17H,7-8,11-12H2,1-3H3,(H,23,32)(H,25,30)/t17-/m1/s1. The Morgan fingerprint density at radius 1 is 1.21 bits per heavy atom. The smallest absolute Gasteiger partial charge is 0.256 e. The number of carbonyl (C=O) groups is 3. The van der Waals surface area contributed by atoms with Crippen LogP contribution in [0.1, 0.15) is 23.4 Å². The van der Waals surface area contributed by atoms with Crippen LogP contribution in [0.15, 0.2) is 35.5 Å². The Morgan fingerprint density at radius 2 is 2.03 bits per heavy atom. The van der Waals surface area contributed by atoms with Gasteiger partial charge in [0.05, 0.1) is 12.2 Å². The molecule has 1 fully saturated rings. The highest BCUT2D eigenvalue weighted by molar-refractivity contribution is 7.99. The van der Waals surface area contributed by atoms with Crippen molar-refractivity contribution in [3.63, 3.8) is 0 Å². The number of nitrogens with one attached hydrogen (secondary N) is 2. The molecule has 3 aromatic rings. The van der Waals surface area contributed by atoms with E-state index in [1.165, 1.54) is 16.7 Å². The van der Waals surface area contributed by atoms with E-state index in [1.54, 1.807) is 10.5 Å². The molecule has 1 aromatic carbocycles. The fraction of sp³-hybridized carbons (Fsp3) is 0.364. The molecule has 10 nitrogen and oxygen atoms in total. The Morgan fingerprint density at radius 3 is 2.82 bits per heavy atom. The Hall–Kier alpha value is -3.47. The molecule has 11 heteroatoms. The lowest BCUT2D eigenvalue weighted by Crippen LogP contribution is -2.58. The summed E-state index contributed by atoms with van der Waals surface area (Å²) in [5.41, 5.74) is 3.42. The predicted molar refractivity (Wildman–Crippen MR) is 124 cm³/mol. The number of piperazine rings is 1. The van der Waals surface area contributed by atoms with Crippen LogP contribution in [-0.4, -0.2) is 67.1 Å². The lowest BCUT2D eigenvalue weighted by atomic mass is 10.1. The number of anilines is 1. The molecule has 0 unspecified atom stereocenters. The van der Waals surface area contributed by atoms with Gasteiger partial charge in [0.2, 0.25) is 17.7 Å². The summed E-state index contributed by atoms with van der Waals surface area (Å²) in [5, 5.41) is 14.3. The second-order valence-electron chi connectivity index (χ2n) is 7.96. The number of amides is 3. The number of thioether (sulfide) groups is 1. The van der Waals surface area contributed by atoms with Crippen LogP contribution < -0.4 is 10.6 Å². The molecule has 0 bridgehead atoms. The normalized spacial score (nSPS) is 16.0. The van der Waals surface area contributed by atoms with Crippen molar-refractivity contribution in [1.29, 1.82) is 0 Å². The van der Waals surface area contributed by atoms with Crippen LogP contribution in [-0.2, 0) is 14.4 Å². The van der Waals surface area contributed by atoms with Crippen molar-refractivity contribution < 1.29 is 14.4 Å². The van der Waals surface area contributed by atoms with Gasteiger partial charge in [0, 0.05) is 30.2 Å². The molecule has 1 aliphatic rings. The number of rotatable bonds is 6. The molecule has 2 N–H and O–H groups in total. The molecule has 172 valence electrons. The zero-order valence-electron chi connectivity index (χ0n) is 18.7. The van der Waals surface area contributed by atoms with Gasteiger partial charge < -0.3 is 15.5 Å². The number of aromatic nitrogens is 4. The largest absolute Gasteiger partial charge is 0.353 e. The van der Waals surface area contributed by atoms with Crippen LogP contribution in [0.4, 0.5) is 5.69 Å². The molecule has 0 radical (unpaired) electrons. The summed E-state index contributed by atoms with van der Waals surface area (Å²) in [6.07, 6.45) is -0.119. The molecule has 1 saturated heterocycles. The van der Waals surface area contributed by atoms with Crippen molar-refractivity contribution in [3.05, 3.63) is 47.3 Å². The first-order chi connectivity index (χ1) is 15.8. The summed E-state index contributed by atoms with van der Waals surface area (Å²) in [6, 6.07) is 8.46. The molecule has 1 atom stereocenters. The summed E-state index contributed by atoms with van der Waals surface area (Å²) >= 11 is 1.23. The topological polar surface area (TPSA) is 122 Å². The zero-order valence-corrected chi connectivity index (χ0v) is 19.5. The first-order valence-corrected chi connectivity index (χ1v) is 11.6. The minimum Gasteiger partial charge on any atom is -0.353 e. The molecule has 3 heterocycles. The van der Waals surface area contributed by atoms with E-state index in [0.29, 0.717) is 29.7 Å². The van der Waals surface area contributed by atoms with Crippen LogP contribution in [0.25, 0.3) is 5.78 Å². The Bertz CT molecular complexity index is 1230. The summed E-state index contributed by atoms with van der Waals surface area (Å²) < 4.78 is 1.79. The number of benzene rings is 1. The van der Waals surface area contributed by atoms with Crippen molar-refractivity contribution in [2.45, 2.75) is 38.4 Å². The van der Waals surface area contributed by atoms with Gasteiger partial charge >= 0.3 is 0 Å². The molecule has 2 aromatic heterocycles. The second-order valence-corrected chi connectivity index (χ2v) is 8.90. The maximum atomic E-state index is 13.0. The minimum atomic E-state index is -0.863. The fourth-order valence-electron chi connectivity index (χ4n) is 3.83. The van der Waals surface area contributed by atoms with E-state index in [4.69, 9.17) is 0 Å². The predicted octanol–water partition coefficient (Wildman–Crippen LogP) is 1.50. The van der Waals surface area contributed by atoms with E-state index >= 15 is 0 Å². The van der Waals surface area contributed by atoms with Gasteiger partial charge in [0.25, 0.3) is 5.78 Å². The van der Waals surface area contributed by atoms with E-state index in [2.05, 4.69) is 25.8 Å². The zero-order chi connectivity index (χ0) is 23.5. The number of hydrogen-bond donors (Lipinski definition) is 2. The van der Waals surface area contributed by atoms with Crippen molar-refractivity contribution >= 4 is 40.9 Å². The van der Waals surface area contributed by atoms with E-state index in [-0.39, 0.29) is 29.9 Å². The van der Waals surface area contributed by atoms with Crippen molar-refractivity contribution in [2.24, 2.45) is 0 Å². The Balaban J connectivity index is 1.43. The highest BCUT2D eigenvalue weighted by Crippen LogP contribution is 2.21. The maximum Gasteiger partial charge on any atom is 0.256 e. The van der Waals surface area contributed by atoms with Crippen LogP contribution >= 0.6 is 11.8 Å². The van der Waals surface area contributed by atoms with E-state index < -0.39 is 6.04 Å². The maximum absolute atomic E-state index is 13.0. The van der Waals surface area contributed by atoms with E-state index in [1.807, 2.05) is 45.0 Å². The molecule has 0 spiro atoms. The average molecular weight is 468 g/mol. The number of hydrogen-bond acceptors (Lipinski definition) is 7. The second kappa shape index (κ2) is 9.57. The van der Waals surface area contributed by atoms with Crippen molar-refractivity contribution in [2.75, 3.05) is 24.2 Å². The minimum absolute atomic E-state index is 0.0669. The van der Waals surface area contributed by atoms with Crippen LogP contribution in [0.3, 0.4) is 0 Å². The quantitative estimate of drug-likeness (QED) is 0.527. The van der Waals surface area contributed by atoms with Gasteiger partial charge in [-0.1, -0.05) is 23.9 Å². The summed E-state index contributed by atoms with van der Waals surface area (Å²) in [5.74, 6) is -0.351. The number of aryl methyl sites for hydroxylation is 3. The number of nitrogens with zero attached hydrogens (tertiary/aromatic N) is 5. The Kier molecular flexibility index (Phi) is 6.59. The third kappa shape index (κ3) is 5.14. The molecule has 33 heavy (non-hydrogen) atoms. The van der Waals surface area contributed by atoms with Crippen molar-refractivity contribution in [3.8, 4) is 0 Å². The average Bonchev–Trinajstić information content (AvgIpc) is 3.16. The lowest BCUT2D eigenvalue weighted by Gasteiger charge is -2.34. The number of carbonyl (C=O) groups excluding carboxylic acids is 3. The van der Waals surface area contributed by atoms with Gasteiger partial charge in [0.1, 0.15) is 6.04 Å². The van der Waals surface area contributed by atoms with Crippen LogP contribution in [0.2, 0.25) is 0 Å². The molecule has 0 saturated carbocycles. The SMILES string of the molecule is Cc1cccc(NC(=O)C[C@@H]2C(=O)NCCN2C(=O)CSc2nnc3nc(C)cc(C)n23)c1. The first-order valence-electron chi connectivity index (χ1n) is 10.6. The van der Waals surface area contributed by atoms with Gasteiger partial charge in [0.15, 0.2) is 5.16 Å². The van der Waals surface area contributed by atoms with Gasteiger partial charge in [-0.05, 0) is 44.5 Å². The monoisotopic (exact) mass is 467 g/mol. The highest BCUT2D eigenvalue weighted by atomic mass is 32.2. The third-order valence-electron chi connectivity index (χ3n) is 5.32. The first kappa shape index (κ1) is 22.7. The molecule has 1 aliphatic heterocycles. The molecular weight excluding hydrogens is 442 g/mol. The molecular formula is C22H25N7O3S. The molecule has 4 rings (SSSR count). The van der Waals surface area contributed by atoms with E-state index in [9.17, 15) is 14.4 Å². The lowest BCUT2D eigenvalue weighted by molar-refractivity contribution is -0.142. The van der Waals surface area contributed by atoms with Crippen LogP contribution in [0, 0.1) is 20.8 Å².